The minimum absolute atomic E-state index is 0.0272. The summed E-state index contributed by atoms with van der Waals surface area (Å²) in [7, 11) is 0. The van der Waals surface area contributed by atoms with Crippen molar-refractivity contribution in [1.82, 2.24) is 9.97 Å². The zero-order chi connectivity index (χ0) is 17.6. The van der Waals surface area contributed by atoms with Crippen molar-refractivity contribution >= 4 is 40.6 Å². The van der Waals surface area contributed by atoms with Crippen LogP contribution in [0.25, 0.3) is 0 Å². The van der Waals surface area contributed by atoms with E-state index >= 15 is 0 Å². The van der Waals surface area contributed by atoms with Crippen molar-refractivity contribution in [3.8, 4) is 0 Å². The monoisotopic (exact) mass is 378 g/mol. The SMILES string of the molecule is CC(c1ccc(Cl)cc1)N1C(=O)C2COCCN2c2nc(Cl)ncc21. The lowest BCUT2D eigenvalue weighted by atomic mass is 10.0. The van der Waals surface area contributed by atoms with Crippen LogP contribution in [0.5, 0.6) is 0 Å². The summed E-state index contributed by atoms with van der Waals surface area (Å²) in [5.41, 5.74) is 1.64. The van der Waals surface area contributed by atoms with Gasteiger partial charge in [-0.2, -0.15) is 4.98 Å². The fourth-order valence-electron chi connectivity index (χ4n) is 3.36. The minimum Gasteiger partial charge on any atom is -0.377 e. The molecule has 1 saturated heterocycles. The quantitative estimate of drug-likeness (QED) is 0.751. The first-order valence-electron chi connectivity index (χ1n) is 8.01. The third-order valence-electron chi connectivity index (χ3n) is 4.64. The molecule has 6 nitrogen and oxygen atoms in total. The molecule has 1 aromatic carbocycles. The molecular formula is C17H16Cl2N4O2. The Hall–Kier alpha value is -1.89. The number of ether oxygens (including phenoxy) is 1. The van der Waals surface area contributed by atoms with Gasteiger partial charge < -0.3 is 9.64 Å². The lowest BCUT2D eigenvalue weighted by Crippen LogP contribution is -2.59. The molecule has 2 aromatic rings. The largest absolute Gasteiger partial charge is 0.377 e. The highest BCUT2D eigenvalue weighted by atomic mass is 35.5. The van der Waals surface area contributed by atoms with Gasteiger partial charge in [0.05, 0.1) is 25.5 Å². The summed E-state index contributed by atoms with van der Waals surface area (Å²) >= 11 is 12.0. The van der Waals surface area contributed by atoms with Gasteiger partial charge in [0, 0.05) is 11.6 Å². The fraction of sp³-hybridized carbons (Fsp3) is 0.353. The summed E-state index contributed by atoms with van der Waals surface area (Å²) in [4.78, 5) is 25.3. The van der Waals surface area contributed by atoms with Crippen LogP contribution in [0.1, 0.15) is 18.5 Å². The molecule has 2 aliphatic rings. The molecule has 1 fully saturated rings. The molecule has 0 bridgehead atoms. The highest BCUT2D eigenvalue weighted by Gasteiger charge is 2.43. The number of morpholine rings is 1. The van der Waals surface area contributed by atoms with E-state index in [0.717, 1.165) is 5.56 Å². The predicted octanol–water partition coefficient (Wildman–Crippen LogP) is 3.10. The van der Waals surface area contributed by atoms with Crippen molar-refractivity contribution in [2.45, 2.75) is 19.0 Å². The number of hydrogen-bond acceptors (Lipinski definition) is 5. The van der Waals surface area contributed by atoms with Gasteiger partial charge in [-0.25, -0.2) is 4.98 Å². The molecule has 0 N–H and O–H groups in total. The number of carbonyl (C=O) groups excluding carboxylic acids is 1. The van der Waals surface area contributed by atoms with E-state index in [1.807, 2.05) is 36.1 Å². The highest BCUT2D eigenvalue weighted by molar-refractivity contribution is 6.30. The molecule has 0 aliphatic carbocycles. The first kappa shape index (κ1) is 16.6. The van der Waals surface area contributed by atoms with Crippen LogP contribution < -0.4 is 9.80 Å². The first-order chi connectivity index (χ1) is 12.1. The van der Waals surface area contributed by atoms with Gasteiger partial charge in [0.25, 0.3) is 5.91 Å². The molecule has 4 rings (SSSR count). The van der Waals surface area contributed by atoms with Crippen LogP contribution in [-0.4, -0.2) is 41.7 Å². The van der Waals surface area contributed by atoms with Crippen LogP contribution >= 0.6 is 23.2 Å². The second-order valence-corrected chi connectivity index (χ2v) is 6.84. The van der Waals surface area contributed by atoms with Gasteiger partial charge in [0.15, 0.2) is 5.82 Å². The molecule has 130 valence electrons. The van der Waals surface area contributed by atoms with Crippen LogP contribution in [0, 0.1) is 0 Å². The van der Waals surface area contributed by atoms with E-state index in [1.165, 1.54) is 0 Å². The molecular weight excluding hydrogens is 363 g/mol. The van der Waals surface area contributed by atoms with E-state index < -0.39 is 6.04 Å². The van der Waals surface area contributed by atoms with Crippen molar-refractivity contribution in [3.05, 3.63) is 46.3 Å². The van der Waals surface area contributed by atoms with Gasteiger partial charge in [-0.05, 0) is 36.2 Å². The number of carbonyl (C=O) groups is 1. The number of rotatable bonds is 2. The third kappa shape index (κ3) is 2.84. The number of aromatic nitrogens is 2. The molecule has 2 aliphatic heterocycles. The molecule has 0 spiro atoms. The Bertz CT molecular complexity index is 815. The Kier molecular flexibility index (Phi) is 4.27. The van der Waals surface area contributed by atoms with Crippen LogP contribution in [0.2, 0.25) is 10.3 Å². The number of amides is 1. The summed E-state index contributed by atoms with van der Waals surface area (Å²) in [6, 6.07) is 6.87. The smallest absolute Gasteiger partial charge is 0.252 e. The Morgan fingerprint density at radius 1 is 1.28 bits per heavy atom. The molecule has 3 heterocycles. The van der Waals surface area contributed by atoms with E-state index in [1.54, 1.807) is 11.1 Å². The van der Waals surface area contributed by atoms with Crippen molar-refractivity contribution in [3.63, 3.8) is 0 Å². The normalized spacial score (nSPS) is 20.9. The number of hydrogen-bond donors (Lipinski definition) is 0. The average Bonchev–Trinajstić information content (AvgIpc) is 2.63. The van der Waals surface area contributed by atoms with Crippen LogP contribution in [0.15, 0.2) is 30.5 Å². The predicted molar refractivity (Wildman–Crippen MR) is 96.3 cm³/mol. The standard InChI is InChI=1S/C17H16Cl2N4O2/c1-10(11-2-4-12(18)5-3-11)23-13-8-20-17(19)21-15(13)22-6-7-25-9-14(22)16(23)24/h2-5,8,10,14H,6-7,9H2,1H3. The van der Waals surface area contributed by atoms with Crippen LogP contribution in [0.4, 0.5) is 11.5 Å². The van der Waals surface area contributed by atoms with Gasteiger partial charge in [-0.3, -0.25) is 9.69 Å². The van der Waals surface area contributed by atoms with Crippen molar-refractivity contribution in [1.29, 1.82) is 0 Å². The van der Waals surface area contributed by atoms with Crippen molar-refractivity contribution in [2.75, 3.05) is 29.6 Å². The molecule has 0 saturated carbocycles. The zero-order valence-electron chi connectivity index (χ0n) is 13.5. The van der Waals surface area contributed by atoms with Crippen LogP contribution in [0.3, 0.4) is 0 Å². The summed E-state index contributed by atoms with van der Waals surface area (Å²) in [5.74, 6) is 0.647. The molecule has 1 amide bonds. The number of benzene rings is 1. The Labute approximate surface area is 155 Å². The van der Waals surface area contributed by atoms with Gasteiger partial charge in [0.1, 0.15) is 11.7 Å². The maximum atomic E-state index is 13.2. The number of nitrogens with zero attached hydrogens (tertiary/aromatic N) is 4. The number of fused-ring (bicyclic) bond motifs is 3. The molecule has 1 aromatic heterocycles. The Morgan fingerprint density at radius 2 is 2.04 bits per heavy atom. The van der Waals surface area contributed by atoms with E-state index in [4.69, 9.17) is 27.9 Å². The van der Waals surface area contributed by atoms with Crippen molar-refractivity contribution < 1.29 is 9.53 Å². The van der Waals surface area contributed by atoms with Crippen molar-refractivity contribution in [2.24, 2.45) is 0 Å². The fourth-order valence-corrected chi connectivity index (χ4v) is 3.61. The Balaban J connectivity index is 1.80. The van der Waals surface area contributed by atoms with Gasteiger partial charge in [-0.1, -0.05) is 23.7 Å². The minimum atomic E-state index is -0.401. The lowest BCUT2D eigenvalue weighted by molar-refractivity contribution is -0.123. The Morgan fingerprint density at radius 3 is 2.80 bits per heavy atom. The van der Waals surface area contributed by atoms with Gasteiger partial charge in [-0.15, -0.1) is 0 Å². The zero-order valence-corrected chi connectivity index (χ0v) is 15.0. The molecule has 2 atom stereocenters. The highest BCUT2D eigenvalue weighted by Crippen LogP contribution is 2.40. The molecule has 2 unspecified atom stereocenters. The second-order valence-electron chi connectivity index (χ2n) is 6.07. The van der Waals surface area contributed by atoms with Gasteiger partial charge >= 0.3 is 0 Å². The van der Waals surface area contributed by atoms with Gasteiger partial charge in [0.2, 0.25) is 5.28 Å². The summed E-state index contributed by atoms with van der Waals surface area (Å²) in [6.07, 6.45) is 1.61. The van der Waals surface area contributed by atoms with E-state index in [9.17, 15) is 4.79 Å². The molecule has 8 heteroatoms. The average molecular weight is 379 g/mol. The molecule has 25 heavy (non-hydrogen) atoms. The maximum absolute atomic E-state index is 13.2. The molecule has 0 radical (unpaired) electrons. The topological polar surface area (TPSA) is 58.6 Å². The first-order valence-corrected chi connectivity index (χ1v) is 8.77. The maximum Gasteiger partial charge on any atom is 0.252 e. The number of anilines is 2. The van der Waals surface area contributed by atoms with E-state index in [0.29, 0.717) is 36.3 Å². The van der Waals surface area contributed by atoms with E-state index in [2.05, 4.69) is 9.97 Å². The third-order valence-corrected chi connectivity index (χ3v) is 5.08. The summed E-state index contributed by atoms with van der Waals surface area (Å²) < 4.78 is 5.52. The summed E-state index contributed by atoms with van der Waals surface area (Å²) in [5, 5.41) is 0.820. The number of halogens is 2. The summed E-state index contributed by atoms with van der Waals surface area (Å²) in [6.45, 7) is 3.46. The van der Waals surface area contributed by atoms with Crippen LogP contribution in [-0.2, 0) is 9.53 Å². The second kappa shape index (κ2) is 6.44. The lowest BCUT2D eigenvalue weighted by Gasteiger charge is -2.45. The van der Waals surface area contributed by atoms with E-state index in [-0.39, 0.29) is 17.2 Å².